The fourth-order valence-electron chi connectivity index (χ4n) is 2.23. The van der Waals surface area contributed by atoms with Gasteiger partial charge in [-0.15, -0.1) is 0 Å². The maximum absolute atomic E-state index is 11.9. The first-order valence-electron chi connectivity index (χ1n) is 7.49. The Kier molecular flexibility index (Phi) is 5.25. The van der Waals surface area contributed by atoms with Crippen molar-refractivity contribution in [3.8, 4) is 0 Å². The number of rotatable bonds is 4. The number of hydrogen-bond acceptors (Lipinski definition) is 4. The fourth-order valence-corrected chi connectivity index (χ4v) is 3.79. The van der Waals surface area contributed by atoms with Gasteiger partial charge in [-0.2, -0.15) is 0 Å². The van der Waals surface area contributed by atoms with Crippen LogP contribution in [0.2, 0.25) is 0 Å². The summed E-state index contributed by atoms with van der Waals surface area (Å²) in [6.07, 6.45) is 0.580. The van der Waals surface area contributed by atoms with Gasteiger partial charge in [0.15, 0.2) is 0 Å². The van der Waals surface area contributed by atoms with E-state index in [0.717, 1.165) is 0 Å². The predicted octanol–water partition coefficient (Wildman–Crippen LogP) is 0.937. The predicted molar refractivity (Wildman–Crippen MR) is 88.7 cm³/mol. The van der Waals surface area contributed by atoms with Gasteiger partial charge in [0.05, 0.1) is 11.4 Å². The third kappa shape index (κ3) is 4.44. The van der Waals surface area contributed by atoms with Crippen LogP contribution in [0.4, 0.5) is 11.4 Å². The zero-order valence-corrected chi connectivity index (χ0v) is 14.0. The lowest BCUT2D eigenvalue weighted by atomic mass is 10.2. The highest BCUT2D eigenvalue weighted by Gasteiger charge is 2.28. The molecule has 1 saturated heterocycles. The Bertz CT molecular complexity index is 700. The molecule has 0 aromatic heterocycles. The quantitative estimate of drug-likeness (QED) is 0.798. The van der Waals surface area contributed by atoms with Crippen LogP contribution in [0.3, 0.4) is 0 Å². The van der Waals surface area contributed by atoms with Crippen LogP contribution in [0, 0.1) is 5.92 Å². The van der Waals surface area contributed by atoms with Crippen LogP contribution in [0.15, 0.2) is 24.3 Å². The van der Waals surface area contributed by atoms with Gasteiger partial charge in [0, 0.05) is 18.8 Å². The summed E-state index contributed by atoms with van der Waals surface area (Å²) >= 11 is 0. The van der Waals surface area contributed by atoms with Crippen LogP contribution < -0.4 is 14.9 Å². The van der Waals surface area contributed by atoms with E-state index in [1.54, 1.807) is 24.3 Å². The average molecular weight is 339 g/mol. The summed E-state index contributed by atoms with van der Waals surface area (Å²) in [7, 11) is -3.28. The molecule has 1 heterocycles. The minimum Gasteiger partial charge on any atom is -0.348 e. The van der Waals surface area contributed by atoms with Crippen LogP contribution in [0.5, 0.6) is 0 Å². The van der Waals surface area contributed by atoms with E-state index in [1.807, 2.05) is 13.8 Å². The molecule has 1 aromatic rings. The van der Waals surface area contributed by atoms with Crippen LogP contribution in [-0.4, -0.2) is 39.1 Å². The molecule has 23 heavy (non-hydrogen) atoms. The second-order valence-corrected chi connectivity index (χ2v) is 7.86. The summed E-state index contributed by atoms with van der Waals surface area (Å²) in [6, 6.07) is 6.47. The zero-order chi connectivity index (χ0) is 17.0. The molecule has 1 fully saturated rings. The van der Waals surface area contributed by atoms with E-state index in [2.05, 4.69) is 10.6 Å². The molecule has 1 aliphatic rings. The molecule has 0 spiro atoms. The first-order chi connectivity index (χ1) is 10.8. The van der Waals surface area contributed by atoms with Crippen LogP contribution in [0.1, 0.15) is 20.3 Å². The number of benzene rings is 1. The highest BCUT2D eigenvalue weighted by molar-refractivity contribution is 7.93. The summed E-state index contributed by atoms with van der Waals surface area (Å²) in [5.74, 6) is -1.11. The minimum absolute atomic E-state index is 0.126. The van der Waals surface area contributed by atoms with Gasteiger partial charge in [0.2, 0.25) is 10.0 Å². The Hall–Kier alpha value is -2.09. The number of carbonyl (C=O) groups is 2. The smallest absolute Gasteiger partial charge is 0.313 e. The molecule has 2 N–H and O–H groups in total. The first kappa shape index (κ1) is 17.3. The van der Waals surface area contributed by atoms with E-state index in [1.165, 1.54) is 4.31 Å². The molecule has 0 saturated carbocycles. The molecular weight excluding hydrogens is 318 g/mol. The molecule has 126 valence electrons. The normalized spacial score (nSPS) is 16.4. The van der Waals surface area contributed by atoms with Gasteiger partial charge >= 0.3 is 11.8 Å². The molecule has 7 nitrogen and oxygen atoms in total. The third-order valence-electron chi connectivity index (χ3n) is 3.37. The second kappa shape index (κ2) is 6.99. The number of nitrogens with zero attached hydrogens (tertiary/aromatic N) is 1. The number of carbonyl (C=O) groups excluding carboxylic acids is 2. The summed E-state index contributed by atoms with van der Waals surface area (Å²) in [5.41, 5.74) is 0.872. The largest absolute Gasteiger partial charge is 0.348 e. The van der Waals surface area contributed by atoms with Crippen molar-refractivity contribution in [2.24, 2.45) is 5.92 Å². The van der Waals surface area contributed by atoms with Gasteiger partial charge in [0.1, 0.15) is 0 Å². The Labute approximate surface area is 136 Å². The molecule has 0 bridgehead atoms. The number of anilines is 2. The molecule has 0 radical (unpaired) electrons. The van der Waals surface area contributed by atoms with Crippen molar-refractivity contribution in [1.29, 1.82) is 0 Å². The second-order valence-electron chi connectivity index (χ2n) is 5.85. The van der Waals surface area contributed by atoms with Crippen molar-refractivity contribution >= 4 is 33.2 Å². The third-order valence-corrected chi connectivity index (χ3v) is 5.24. The maximum Gasteiger partial charge on any atom is 0.313 e. The molecule has 0 atom stereocenters. The van der Waals surface area contributed by atoms with Gasteiger partial charge in [-0.25, -0.2) is 8.42 Å². The van der Waals surface area contributed by atoms with Crippen LogP contribution >= 0.6 is 0 Å². The lowest BCUT2D eigenvalue weighted by molar-refractivity contribution is -0.136. The number of nitrogens with one attached hydrogen (secondary N) is 2. The van der Waals surface area contributed by atoms with Crippen molar-refractivity contribution in [2.45, 2.75) is 20.3 Å². The molecule has 8 heteroatoms. The minimum atomic E-state index is -3.28. The van der Waals surface area contributed by atoms with E-state index >= 15 is 0 Å². The molecule has 1 aromatic carbocycles. The van der Waals surface area contributed by atoms with Gasteiger partial charge in [-0.1, -0.05) is 19.9 Å². The molecule has 2 amide bonds. The van der Waals surface area contributed by atoms with Gasteiger partial charge in [-0.3, -0.25) is 13.9 Å². The molecule has 0 aliphatic carbocycles. The SMILES string of the molecule is CC(C)CNC(=O)C(=O)Nc1cccc(N2CCCS2(=O)=O)c1. The van der Waals surface area contributed by atoms with Crippen LogP contribution in [-0.2, 0) is 19.6 Å². The van der Waals surface area contributed by atoms with E-state index in [0.29, 0.717) is 30.9 Å². The van der Waals surface area contributed by atoms with Crippen molar-refractivity contribution < 1.29 is 18.0 Å². The van der Waals surface area contributed by atoms with Gasteiger partial charge in [0.25, 0.3) is 0 Å². The van der Waals surface area contributed by atoms with Gasteiger partial charge < -0.3 is 10.6 Å². The van der Waals surface area contributed by atoms with E-state index in [9.17, 15) is 18.0 Å². The van der Waals surface area contributed by atoms with Gasteiger partial charge in [-0.05, 0) is 30.5 Å². The number of amides is 2. The van der Waals surface area contributed by atoms with E-state index < -0.39 is 21.8 Å². The molecule has 1 aliphatic heterocycles. The highest BCUT2D eigenvalue weighted by atomic mass is 32.2. The van der Waals surface area contributed by atoms with Crippen molar-refractivity contribution in [2.75, 3.05) is 28.5 Å². The summed E-state index contributed by atoms with van der Waals surface area (Å²) < 4.78 is 25.2. The lowest BCUT2D eigenvalue weighted by Crippen LogP contribution is -2.37. The monoisotopic (exact) mass is 339 g/mol. The molecule has 2 rings (SSSR count). The van der Waals surface area contributed by atoms with Crippen molar-refractivity contribution in [3.63, 3.8) is 0 Å². The Balaban J connectivity index is 2.06. The Morgan fingerprint density at radius 3 is 2.61 bits per heavy atom. The zero-order valence-electron chi connectivity index (χ0n) is 13.2. The summed E-state index contributed by atoms with van der Waals surface area (Å²) in [6.45, 7) is 4.70. The Morgan fingerprint density at radius 2 is 2.00 bits per heavy atom. The van der Waals surface area contributed by atoms with E-state index in [-0.39, 0.29) is 11.7 Å². The van der Waals surface area contributed by atoms with Crippen molar-refractivity contribution in [1.82, 2.24) is 5.32 Å². The highest BCUT2D eigenvalue weighted by Crippen LogP contribution is 2.26. The van der Waals surface area contributed by atoms with E-state index in [4.69, 9.17) is 0 Å². The standard InChI is InChI=1S/C15H21N3O4S/c1-11(2)10-16-14(19)15(20)17-12-5-3-6-13(9-12)18-7-4-8-23(18,21)22/h3,5-6,9,11H,4,7-8,10H2,1-2H3,(H,16,19)(H,17,20). The maximum atomic E-state index is 11.9. The van der Waals surface area contributed by atoms with Crippen molar-refractivity contribution in [3.05, 3.63) is 24.3 Å². The fraction of sp³-hybridized carbons (Fsp3) is 0.467. The summed E-state index contributed by atoms with van der Waals surface area (Å²) in [5, 5.41) is 5.01. The first-order valence-corrected chi connectivity index (χ1v) is 9.10. The summed E-state index contributed by atoms with van der Waals surface area (Å²) in [4.78, 5) is 23.5. The Morgan fingerprint density at radius 1 is 1.26 bits per heavy atom. The molecule has 0 unspecified atom stereocenters. The number of hydrogen-bond donors (Lipinski definition) is 2. The topological polar surface area (TPSA) is 95.6 Å². The average Bonchev–Trinajstić information content (AvgIpc) is 2.84. The molecular formula is C15H21N3O4S. The lowest BCUT2D eigenvalue weighted by Gasteiger charge is -2.17. The number of sulfonamides is 1. The van der Waals surface area contributed by atoms with Crippen LogP contribution in [0.25, 0.3) is 0 Å².